The second kappa shape index (κ2) is 10.4. The number of amides is 3. The molecule has 0 N–H and O–H groups in total. The fourth-order valence-corrected chi connectivity index (χ4v) is 4.49. The van der Waals surface area contributed by atoms with Gasteiger partial charge in [0, 0.05) is 32.7 Å². The Balaban J connectivity index is 1.26. The van der Waals surface area contributed by atoms with Crippen LogP contribution in [0.5, 0.6) is 0 Å². The summed E-state index contributed by atoms with van der Waals surface area (Å²) < 4.78 is 0. The molecule has 2 saturated heterocycles. The normalized spacial score (nSPS) is 18.8. The van der Waals surface area contributed by atoms with Gasteiger partial charge in [0.2, 0.25) is 5.91 Å². The molecule has 2 aliphatic rings. The van der Waals surface area contributed by atoms with Crippen LogP contribution in [0.3, 0.4) is 0 Å². The summed E-state index contributed by atoms with van der Waals surface area (Å²) >= 11 is 0.885. The van der Waals surface area contributed by atoms with Crippen molar-refractivity contribution in [1.82, 2.24) is 14.7 Å². The van der Waals surface area contributed by atoms with Crippen LogP contribution in [0.15, 0.2) is 71.6 Å². The Hall–Kier alpha value is -3.16. The molecule has 2 fully saturated rings. The van der Waals surface area contributed by atoms with Crippen LogP contribution >= 0.6 is 11.8 Å². The van der Waals surface area contributed by atoms with Crippen LogP contribution in [-0.2, 0) is 9.59 Å². The molecule has 3 amide bonds. The quantitative estimate of drug-likeness (QED) is 0.634. The van der Waals surface area contributed by atoms with E-state index in [2.05, 4.69) is 29.2 Å². The topological polar surface area (TPSA) is 60.9 Å². The maximum Gasteiger partial charge on any atom is 0.294 e. The molecule has 0 radical (unpaired) electrons. The molecule has 6 nitrogen and oxygen atoms in total. The number of carbonyl (C=O) groups excluding carboxylic acids is 3. The van der Waals surface area contributed by atoms with Gasteiger partial charge in [-0.15, -0.1) is 0 Å². The second-order valence-corrected chi connectivity index (χ2v) is 8.67. The summed E-state index contributed by atoms with van der Waals surface area (Å²) in [5.41, 5.74) is 2.02. The maximum absolute atomic E-state index is 12.7. The van der Waals surface area contributed by atoms with Crippen LogP contribution in [-0.4, -0.2) is 71.0 Å². The number of hydrogen-bond donors (Lipinski definition) is 0. The van der Waals surface area contributed by atoms with Gasteiger partial charge in [-0.25, -0.2) is 0 Å². The summed E-state index contributed by atoms with van der Waals surface area (Å²) in [4.78, 5) is 43.1. The lowest BCUT2D eigenvalue weighted by Crippen LogP contribution is -2.51. The van der Waals surface area contributed by atoms with Crippen molar-refractivity contribution in [1.29, 1.82) is 0 Å². The molecule has 0 saturated carbocycles. The lowest BCUT2D eigenvalue weighted by molar-refractivity contribution is -0.137. The SMILES string of the molecule is O=C(CN1C(=O)S/C(=C/c2ccccc2)C1=O)N1CCN(C/C=C/c2ccccc2)CC1. The van der Waals surface area contributed by atoms with Crippen LogP contribution in [0.2, 0.25) is 0 Å². The van der Waals surface area contributed by atoms with Gasteiger partial charge in [-0.05, 0) is 29.0 Å². The average molecular weight is 448 g/mol. The number of nitrogens with zero attached hydrogens (tertiary/aromatic N) is 3. The lowest BCUT2D eigenvalue weighted by Gasteiger charge is -2.34. The molecule has 2 aromatic carbocycles. The molecule has 164 valence electrons. The van der Waals surface area contributed by atoms with Gasteiger partial charge in [-0.1, -0.05) is 72.8 Å². The number of carbonyl (C=O) groups is 3. The minimum atomic E-state index is -0.401. The molecule has 0 aromatic heterocycles. The summed E-state index contributed by atoms with van der Waals surface area (Å²) in [6.07, 6.45) is 5.92. The molecule has 7 heteroatoms. The summed E-state index contributed by atoms with van der Waals surface area (Å²) in [6.45, 7) is 3.33. The van der Waals surface area contributed by atoms with Gasteiger partial charge in [0.15, 0.2) is 0 Å². The largest absolute Gasteiger partial charge is 0.339 e. The summed E-state index contributed by atoms with van der Waals surface area (Å²) in [5, 5.41) is -0.393. The van der Waals surface area contributed by atoms with E-state index in [1.165, 1.54) is 5.56 Å². The van der Waals surface area contributed by atoms with Gasteiger partial charge in [0.1, 0.15) is 6.54 Å². The van der Waals surface area contributed by atoms with Crippen molar-refractivity contribution in [3.63, 3.8) is 0 Å². The Bertz CT molecular complexity index is 1030. The van der Waals surface area contributed by atoms with E-state index in [4.69, 9.17) is 0 Å². The minimum Gasteiger partial charge on any atom is -0.339 e. The number of benzene rings is 2. The number of piperazine rings is 1. The molecular formula is C25H25N3O3S. The molecule has 0 unspecified atom stereocenters. The summed E-state index contributed by atoms with van der Waals surface area (Å²) in [6, 6.07) is 19.5. The molecule has 2 aliphatic heterocycles. The number of rotatable bonds is 6. The van der Waals surface area contributed by atoms with Crippen molar-refractivity contribution in [2.24, 2.45) is 0 Å². The molecular weight excluding hydrogens is 422 g/mol. The molecule has 4 rings (SSSR count). The first-order chi connectivity index (χ1) is 15.6. The first-order valence-corrected chi connectivity index (χ1v) is 11.4. The molecule has 0 atom stereocenters. The van der Waals surface area contributed by atoms with Crippen molar-refractivity contribution in [2.75, 3.05) is 39.3 Å². The third kappa shape index (κ3) is 5.55. The first kappa shape index (κ1) is 22.0. The molecule has 32 heavy (non-hydrogen) atoms. The van der Waals surface area contributed by atoms with Gasteiger partial charge in [-0.2, -0.15) is 0 Å². The molecule has 2 heterocycles. The maximum atomic E-state index is 12.7. The monoisotopic (exact) mass is 447 g/mol. The third-order valence-corrected chi connectivity index (χ3v) is 6.37. The lowest BCUT2D eigenvalue weighted by atomic mass is 10.2. The zero-order valence-corrected chi connectivity index (χ0v) is 18.5. The van der Waals surface area contributed by atoms with Crippen LogP contribution < -0.4 is 0 Å². The smallest absolute Gasteiger partial charge is 0.294 e. The Morgan fingerprint density at radius 2 is 1.50 bits per heavy atom. The highest BCUT2D eigenvalue weighted by atomic mass is 32.2. The van der Waals surface area contributed by atoms with Crippen LogP contribution in [0.25, 0.3) is 12.2 Å². The fraction of sp³-hybridized carbons (Fsp3) is 0.240. The highest BCUT2D eigenvalue weighted by Crippen LogP contribution is 2.32. The average Bonchev–Trinajstić information content (AvgIpc) is 3.08. The van der Waals surface area contributed by atoms with Gasteiger partial charge in [0.05, 0.1) is 4.91 Å². The zero-order chi connectivity index (χ0) is 22.3. The van der Waals surface area contributed by atoms with Gasteiger partial charge < -0.3 is 4.90 Å². The third-order valence-electron chi connectivity index (χ3n) is 5.46. The van der Waals surface area contributed by atoms with Crippen molar-refractivity contribution >= 4 is 41.0 Å². The predicted octanol–water partition coefficient (Wildman–Crippen LogP) is 3.58. The second-order valence-electron chi connectivity index (χ2n) is 7.67. The molecule has 0 aliphatic carbocycles. The highest BCUT2D eigenvalue weighted by molar-refractivity contribution is 8.18. The van der Waals surface area contributed by atoms with Crippen LogP contribution in [0, 0.1) is 0 Å². The summed E-state index contributed by atoms with van der Waals surface area (Å²) in [5.74, 6) is -0.588. The Kier molecular flexibility index (Phi) is 7.19. The standard InChI is InChI=1S/C25H25N3O3S/c29-23(19-28-24(30)22(32-25(28)31)18-21-10-5-2-6-11-21)27-16-14-26(15-17-27)13-7-12-20-8-3-1-4-9-20/h1-12,18H,13-17,19H2/b12-7+,22-18+. The van der Waals surface area contributed by atoms with E-state index < -0.39 is 11.1 Å². The van der Waals surface area contributed by atoms with E-state index >= 15 is 0 Å². The highest BCUT2D eigenvalue weighted by Gasteiger charge is 2.37. The van der Waals surface area contributed by atoms with Gasteiger partial charge in [0.25, 0.3) is 11.1 Å². The van der Waals surface area contributed by atoms with Crippen molar-refractivity contribution in [3.05, 3.63) is 82.8 Å². The van der Waals surface area contributed by atoms with Crippen molar-refractivity contribution in [3.8, 4) is 0 Å². The van der Waals surface area contributed by atoms with Gasteiger partial charge >= 0.3 is 0 Å². The van der Waals surface area contributed by atoms with E-state index in [-0.39, 0.29) is 12.5 Å². The van der Waals surface area contributed by atoms with E-state index in [9.17, 15) is 14.4 Å². The fourth-order valence-electron chi connectivity index (χ4n) is 3.65. The number of imide groups is 1. The molecule has 0 spiro atoms. The Labute approximate surface area is 192 Å². The Morgan fingerprint density at radius 3 is 2.16 bits per heavy atom. The van der Waals surface area contributed by atoms with E-state index in [1.807, 2.05) is 48.5 Å². The molecule has 0 bridgehead atoms. The number of hydrogen-bond acceptors (Lipinski definition) is 5. The van der Waals surface area contributed by atoms with Crippen LogP contribution in [0.1, 0.15) is 11.1 Å². The number of thioether (sulfide) groups is 1. The van der Waals surface area contributed by atoms with Gasteiger partial charge in [-0.3, -0.25) is 24.2 Å². The first-order valence-electron chi connectivity index (χ1n) is 10.6. The minimum absolute atomic E-state index is 0.187. The summed E-state index contributed by atoms with van der Waals surface area (Å²) in [7, 11) is 0. The Morgan fingerprint density at radius 1 is 0.875 bits per heavy atom. The van der Waals surface area contributed by atoms with E-state index in [1.54, 1.807) is 11.0 Å². The van der Waals surface area contributed by atoms with Crippen LogP contribution in [0.4, 0.5) is 4.79 Å². The molecule has 2 aromatic rings. The van der Waals surface area contributed by atoms with Crippen molar-refractivity contribution in [2.45, 2.75) is 0 Å². The zero-order valence-electron chi connectivity index (χ0n) is 17.7. The van der Waals surface area contributed by atoms with E-state index in [0.29, 0.717) is 18.0 Å². The van der Waals surface area contributed by atoms with Crippen molar-refractivity contribution < 1.29 is 14.4 Å². The van der Waals surface area contributed by atoms with E-state index in [0.717, 1.165) is 41.9 Å². The predicted molar refractivity (Wildman–Crippen MR) is 128 cm³/mol.